The van der Waals surface area contributed by atoms with Crippen LogP contribution in [-0.2, 0) is 21.2 Å². The van der Waals surface area contributed by atoms with Gasteiger partial charge >= 0.3 is 0 Å². The van der Waals surface area contributed by atoms with Gasteiger partial charge in [-0.15, -0.1) is 0 Å². The molecule has 0 unspecified atom stereocenters. The molecule has 2 aromatic carbocycles. The lowest BCUT2D eigenvalue weighted by molar-refractivity contribution is 0.0573. The Balaban J connectivity index is 1.86. The minimum absolute atomic E-state index is 0.0662. The van der Waals surface area contributed by atoms with E-state index in [9.17, 15) is 18.3 Å². The molecule has 0 aliphatic carbocycles. The first-order chi connectivity index (χ1) is 18.1. The van der Waals surface area contributed by atoms with Crippen molar-refractivity contribution >= 4 is 9.84 Å². The second-order valence-electron chi connectivity index (χ2n) is 9.21. The summed E-state index contributed by atoms with van der Waals surface area (Å²) in [5, 5.41) is 10.8. The van der Waals surface area contributed by atoms with E-state index in [-0.39, 0.29) is 23.4 Å². The number of pyridine rings is 1. The minimum Gasteiger partial charge on any atom is -0.492 e. The van der Waals surface area contributed by atoms with Crippen LogP contribution in [0.2, 0.25) is 0 Å². The first-order valence-corrected chi connectivity index (χ1v) is 13.9. The molecule has 0 radical (unpaired) electrons. The molecule has 1 N–H and O–H groups in total. The van der Waals surface area contributed by atoms with E-state index in [4.69, 9.17) is 4.74 Å². The van der Waals surface area contributed by atoms with Crippen LogP contribution in [0.15, 0.2) is 87.5 Å². The molecule has 4 rings (SSSR count). The maximum absolute atomic E-state index is 13.9. The molecule has 0 saturated carbocycles. The summed E-state index contributed by atoms with van der Waals surface area (Å²) in [5.41, 5.74) is 2.42. The van der Waals surface area contributed by atoms with Crippen molar-refractivity contribution in [2.24, 2.45) is 0 Å². The van der Waals surface area contributed by atoms with E-state index in [0.717, 1.165) is 22.4 Å². The first-order valence-electron chi connectivity index (χ1n) is 12.4. The first kappa shape index (κ1) is 27.2. The zero-order valence-electron chi connectivity index (χ0n) is 21.8. The molecule has 0 bridgehead atoms. The van der Waals surface area contributed by atoms with E-state index >= 15 is 0 Å². The lowest BCUT2D eigenvalue weighted by Gasteiger charge is -2.23. The second kappa shape index (κ2) is 11.3. The number of aromatic hydroxyl groups is 1. The highest BCUT2D eigenvalue weighted by atomic mass is 32.2. The fourth-order valence-corrected chi connectivity index (χ4v) is 5.76. The Hall–Kier alpha value is -3.82. The number of hydrogen-bond donors (Lipinski definition) is 1. The Morgan fingerprint density at radius 3 is 2.29 bits per heavy atom. The van der Waals surface area contributed by atoms with Gasteiger partial charge in [0.25, 0.3) is 5.56 Å². The maximum atomic E-state index is 13.9. The number of sulfone groups is 1. The quantitative estimate of drug-likeness (QED) is 0.319. The summed E-state index contributed by atoms with van der Waals surface area (Å²) in [6.07, 6.45) is 2.02. The highest BCUT2D eigenvalue weighted by Gasteiger charge is 2.31. The second-order valence-corrected chi connectivity index (χ2v) is 11.1. The number of aryl methyl sites for hydroxylation is 1. The number of aromatic nitrogens is 3. The molecular weight excluding hydrogens is 502 g/mol. The van der Waals surface area contributed by atoms with Crippen LogP contribution in [0.3, 0.4) is 0 Å². The third kappa shape index (κ3) is 5.39. The van der Waals surface area contributed by atoms with Crippen LogP contribution >= 0.6 is 0 Å². The molecule has 2 heterocycles. The molecule has 0 saturated heterocycles. The number of ether oxygens (including phenoxy) is 1. The van der Waals surface area contributed by atoms with Crippen LogP contribution in [0.25, 0.3) is 11.1 Å². The van der Waals surface area contributed by atoms with Crippen molar-refractivity contribution in [3.8, 4) is 17.0 Å². The van der Waals surface area contributed by atoms with E-state index < -0.39 is 32.2 Å². The Morgan fingerprint density at radius 2 is 1.68 bits per heavy atom. The minimum atomic E-state index is -4.41. The van der Waals surface area contributed by atoms with Gasteiger partial charge in [-0.1, -0.05) is 55.5 Å². The van der Waals surface area contributed by atoms with Gasteiger partial charge in [0.2, 0.25) is 15.7 Å². The average molecular weight is 534 g/mol. The smallest absolute Gasteiger partial charge is 0.277 e. The summed E-state index contributed by atoms with van der Waals surface area (Å²) in [7, 11) is -4.41. The Morgan fingerprint density at radius 1 is 1.00 bits per heavy atom. The normalized spacial score (nSPS) is 12.6. The molecule has 2 aromatic heterocycles. The SMILES string of the molecule is CC[C@@H](c1ccccc1)n1c(COC(C)C)nc(O)c(S(=O)(=O)c2ccc(-c3cccnc3C)cc2)c1=O. The van der Waals surface area contributed by atoms with Gasteiger partial charge in [-0.05, 0) is 56.5 Å². The molecule has 8 nitrogen and oxygen atoms in total. The monoisotopic (exact) mass is 533 g/mol. The molecular formula is C29H31N3O5S. The largest absolute Gasteiger partial charge is 0.492 e. The Bertz CT molecular complexity index is 1580. The fraction of sp³-hybridized carbons (Fsp3) is 0.276. The Kier molecular flexibility index (Phi) is 8.08. The molecule has 1 atom stereocenters. The molecule has 0 aliphatic heterocycles. The highest BCUT2D eigenvalue weighted by molar-refractivity contribution is 7.91. The van der Waals surface area contributed by atoms with Crippen molar-refractivity contribution in [2.75, 3.05) is 0 Å². The number of benzene rings is 2. The summed E-state index contributed by atoms with van der Waals surface area (Å²) in [5.74, 6) is -0.693. The maximum Gasteiger partial charge on any atom is 0.277 e. The van der Waals surface area contributed by atoms with Crippen LogP contribution in [-0.4, -0.2) is 34.2 Å². The van der Waals surface area contributed by atoms with Crippen molar-refractivity contribution in [3.63, 3.8) is 0 Å². The van der Waals surface area contributed by atoms with E-state index in [2.05, 4.69) is 9.97 Å². The molecule has 0 aliphatic rings. The van der Waals surface area contributed by atoms with E-state index in [1.807, 2.05) is 64.1 Å². The van der Waals surface area contributed by atoms with E-state index in [1.54, 1.807) is 24.4 Å². The van der Waals surface area contributed by atoms with Gasteiger partial charge < -0.3 is 9.84 Å². The number of rotatable bonds is 9. The van der Waals surface area contributed by atoms with Gasteiger partial charge in [-0.2, -0.15) is 4.98 Å². The van der Waals surface area contributed by atoms with Gasteiger partial charge in [0.05, 0.1) is 17.0 Å². The molecule has 9 heteroatoms. The summed E-state index contributed by atoms with van der Waals surface area (Å²) >= 11 is 0. The van der Waals surface area contributed by atoms with Crippen molar-refractivity contribution in [2.45, 2.75) is 62.7 Å². The summed E-state index contributed by atoms with van der Waals surface area (Å²) < 4.78 is 34.4. The number of hydrogen-bond acceptors (Lipinski definition) is 7. The van der Waals surface area contributed by atoms with Gasteiger partial charge in [0.1, 0.15) is 12.4 Å². The summed E-state index contributed by atoms with van der Waals surface area (Å²) in [6, 6.07) is 18.7. The molecule has 198 valence electrons. The van der Waals surface area contributed by atoms with Crippen LogP contribution < -0.4 is 5.56 Å². The third-order valence-corrected chi connectivity index (χ3v) is 8.10. The van der Waals surface area contributed by atoms with Gasteiger partial charge in [-0.25, -0.2) is 8.42 Å². The molecule has 0 spiro atoms. The summed E-state index contributed by atoms with van der Waals surface area (Å²) in [6.45, 7) is 7.38. The highest BCUT2D eigenvalue weighted by Crippen LogP contribution is 2.30. The van der Waals surface area contributed by atoms with Gasteiger partial charge in [0.15, 0.2) is 4.90 Å². The number of nitrogens with zero attached hydrogens (tertiary/aromatic N) is 3. The fourth-order valence-electron chi connectivity index (χ4n) is 4.41. The molecule has 38 heavy (non-hydrogen) atoms. The standard InChI is InChI=1S/C29H31N3O5S/c1-5-25(22-10-7-6-8-11-22)32-26(18-37-19(2)3)31-28(33)27(29(32)34)38(35,36)23-15-13-21(14-16-23)24-12-9-17-30-20(24)4/h6-17,19,25,33H,5,18H2,1-4H3/t25-/m0/s1. The van der Waals surface area contributed by atoms with Crippen molar-refractivity contribution in [3.05, 3.63) is 100 Å². The zero-order chi connectivity index (χ0) is 27.4. The third-order valence-electron chi connectivity index (χ3n) is 6.31. The average Bonchev–Trinajstić information content (AvgIpc) is 2.90. The van der Waals surface area contributed by atoms with Crippen LogP contribution in [0.1, 0.15) is 50.3 Å². The lowest BCUT2D eigenvalue weighted by Crippen LogP contribution is -2.34. The van der Waals surface area contributed by atoms with Crippen molar-refractivity contribution < 1.29 is 18.3 Å². The molecule has 4 aromatic rings. The Labute approximate surface area is 222 Å². The van der Waals surface area contributed by atoms with Crippen molar-refractivity contribution in [1.82, 2.24) is 14.5 Å². The lowest BCUT2D eigenvalue weighted by atomic mass is 10.0. The predicted molar refractivity (Wildman–Crippen MR) is 145 cm³/mol. The van der Waals surface area contributed by atoms with Gasteiger partial charge in [-0.3, -0.25) is 14.3 Å². The van der Waals surface area contributed by atoms with Crippen LogP contribution in [0.5, 0.6) is 5.88 Å². The zero-order valence-corrected chi connectivity index (χ0v) is 22.6. The van der Waals surface area contributed by atoms with Crippen LogP contribution in [0.4, 0.5) is 0 Å². The van der Waals surface area contributed by atoms with E-state index in [0.29, 0.717) is 6.42 Å². The van der Waals surface area contributed by atoms with Gasteiger partial charge in [0, 0.05) is 17.5 Å². The molecule has 0 amide bonds. The topological polar surface area (TPSA) is 111 Å². The van der Waals surface area contributed by atoms with Crippen molar-refractivity contribution in [1.29, 1.82) is 0 Å². The van der Waals surface area contributed by atoms with E-state index in [1.165, 1.54) is 16.7 Å². The predicted octanol–water partition coefficient (Wildman–Crippen LogP) is 5.08. The summed E-state index contributed by atoms with van der Waals surface area (Å²) in [4.78, 5) is 21.5. The molecule has 0 fully saturated rings. The van der Waals surface area contributed by atoms with Crippen LogP contribution in [0, 0.1) is 6.92 Å².